The van der Waals surface area contributed by atoms with Gasteiger partial charge in [-0.3, -0.25) is 4.79 Å². The number of hydrogen-bond donors (Lipinski definition) is 1. The van der Waals surface area contributed by atoms with Crippen molar-refractivity contribution in [3.05, 3.63) is 29.8 Å². The summed E-state index contributed by atoms with van der Waals surface area (Å²) >= 11 is 0. The lowest BCUT2D eigenvalue weighted by molar-refractivity contribution is -0.138. The number of sulfone groups is 1. The SMILES string of the molecule is CC(C(=O)N(C)C(C)c1ccc(S(C)(=O)=O)cc1)C1CNC1.Cl. The number of hydrogen-bond acceptors (Lipinski definition) is 4. The second kappa shape index (κ2) is 7.64. The third kappa shape index (κ3) is 4.46. The number of carbonyl (C=O) groups excluding carboxylic acids is 1. The summed E-state index contributed by atoms with van der Waals surface area (Å²) in [5, 5.41) is 3.19. The van der Waals surface area contributed by atoms with E-state index < -0.39 is 9.84 Å². The Kier molecular flexibility index (Phi) is 6.62. The summed E-state index contributed by atoms with van der Waals surface area (Å²) in [5.74, 6) is 0.546. The zero-order valence-electron chi connectivity index (χ0n) is 13.9. The van der Waals surface area contributed by atoms with E-state index in [1.54, 1.807) is 36.2 Å². The van der Waals surface area contributed by atoms with Crippen LogP contribution in [0.2, 0.25) is 0 Å². The summed E-state index contributed by atoms with van der Waals surface area (Å²) in [4.78, 5) is 14.6. The smallest absolute Gasteiger partial charge is 0.226 e. The maximum atomic E-state index is 12.5. The molecule has 2 atom stereocenters. The second-order valence-electron chi connectivity index (χ2n) is 6.17. The molecule has 130 valence electrons. The lowest BCUT2D eigenvalue weighted by Gasteiger charge is -2.35. The highest BCUT2D eigenvalue weighted by atomic mass is 35.5. The maximum absolute atomic E-state index is 12.5. The van der Waals surface area contributed by atoms with Gasteiger partial charge in [-0.25, -0.2) is 8.42 Å². The van der Waals surface area contributed by atoms with Crippen LogP contribution in [0.15, 0.2) is 29.2 Å². The van der Waals surface area contributed by atoms with Crippen LogP contribution in [-0.4, -0.2) is 45.6 Å². The molecular formula is C16H25ClN2O3S. The van der Waals surface area contributed by atoms with Crippen molar-refractivity contribution >= 4 is 28.2 Å². The Labute approximate surface area is 144 Å². The van der Waals surface area contributed by atoms with E-state index in [1.807, 2.05) is 13.8 Å². The van der Waals surface area contributed by atoms with Crippen LogP contribution in [-0.2, 0) is 14.6 Å². The first-order valence-corrected chi connectivity index (χ1v) is 9.38. The third-order valence-corrected chi connectivity index (χ3v) is 5.76. The summed E-state index contributed by atoms with van der Waals surface area (Å²) < 4.78 is 23.0. The van der Waals surface area contributed by atoms with E-state index in [1.165, 1.54) is 6.26 Å². The molecule has 1 aromatic carbocycles. The molecule has 1 N–H and O–H groups in total. The Morgan fingerprint density at radius 1 is 1.22 bits per heavy atom. The molecule has 1 amide bonds. The zero-order chi connectivity index (χ0) is 16.5. The fourth-order valence-corrected chi connectivity index (χ4v) is 3.23. The molecule has 7 heteroatoms. The van der Waals surface area contributed by atoms with Crippen LogP contribution < -0.4 is 5.32 Å². The van der Waals surface area contributed by atoms with Gasteiger partial charge in [0.25, 0.3) is 0 Å². The van der Waals surface area contributed by atoms with E-state index in [2.05, 4.69) is 5.32 Å². The molecule has 2 rings (SSSR count). The van der Waals surface area contributed by atoms with Crippen LogP contribution in [0.1, 0.15) is 25.5 Å². The lowest BCUT2D eigenvalue weighted by atomic mass is 9.87. The fourth-order valence-electron chi connectivity index (χ4n) is 2.60. The van der Waals surface area contributed by atoms with Crippen LogP contribution in [0.3, 0.4) is 0 Å². The first-order valence-electron chi connectivity index (χ1n) is 7.49. The molecule has 1 fully saturated rings. The summed E-state index contributed by atoms with van der Waals surface area (Å²) in [5.41, 5.74) is 0.933. The van der Waals surface area contributed by atoms with Gasteiger partial charge in [0, 0.05) is 19.2 Å². The molecule has 0 bridgehead atoms. The van der Waals surface area contributed by atoms with Crippen molar-refractivity contribution in [3.63, 3.8) is 0 Å². The van der Waals surface area contributed by atoms with Gasteiger partial charge in [-0.2, -0.15) is 0 Å². The number of benzene rings is 1. The standard InChI is InChI=1S/C16H24N2O3S.ClH/c1-11(14-9-17-10-14)16(19)18(3)12(2)13-5-7-15(8-6-13)22(4,20)21;/h5-8,11-12,14,17H,9-10H2,1-4H3;1H. The number of nitrogens with zero attached hydrogens (tertiary/aromatic N) is 1. The molecule has 0 saturated carbocycles. The predicted octanol–water partition coefficient (Wildman–Crippen LogP) is 1.89. The van der Waals surface area contributed by atoms with Crippen molar-refractivity contribution in [2.75, 3.05) is 26.4 Å². The quantitative estimate of drug-likeness (QED) is 0.870. The fraction of sp³-hybridized carbons (Fsp3) is 0.562. The first-order chi connectivity index (χ1) is 10.2. The van der Waals surface area contributed by atoms with Crippen LogP contribution in [0.25, 0.3) is 0 Å². The highest BCUT2D eigenvalue weighted by Gasteiger charge is 2.32. The van der Waals surface area contributed by atoms with Crippen LogP contribution in [0.5, 0.6) is 0 Å². The van der Waals surface area contributed by atoms with Gasteiger partial charge in [-0.15, -0.1) is 12.4 Å². The van der Waals surface area contributed by atoms with Crippen LogP contribution >= 0.6 is 12.4 Å². The number of rotatable bonds is 5. The Hall–Kier alpha value is -1.11. The van der Waals surface area contributed by atoms with Gasteiger partial charge in [0.15, 0.2) is 9.84 Å². The molecule has 5 nitrogen and oxygen atoms in total. The zero-order valence-corrected chi connectivity index (χ0v) is 15.6. The molecule has 1 aliphatic heterocycles. The molecule has 1 aromatic rings. The summed E-state index contributed by atoms with van der Waals surface area (Å²) in [7, 11) is -1.38. The van der Waals surface area contributed by atoms with Gasteiger partial charge in [-0.1, -0.05) is 19.1 Å². The van der Waals surface area contributed by atoms with Gasteiger partial charge in [0.2, 0.25) is 5.91 Å². The third-order valence-electron chi connectivity index (χ3n) is 4.63. The predicted molar refractivity (Wildman–Crippen MR) is 93.5 cm³/mol. The molecule has 0 aromatic heterocycles. The molecule has 23 heavy (non-hydrogen) atoms. The first kappa shape index (κ1) is 19.9. The molecule has 0 spiro atoms. The Bertz CT molecular complexity index is 642. The van der Waals surface area contributed by atoms with Gasteiger partial charge in [0.05, 0.1) is 10.9 Å². The monoisotopic (exact) mass is 360 g/mol. The van der Waals surface area contributed by atoms with Gasteiger partial charge in [-0.05, 0) is 43.6 Å². The lowest BCUT2D eigenvalue weighted by Crippen LogP contribution is -2.50. The minimum Gasteiger partial charge on any atom is -0.339 e. The topological polar surface area (TPSA) is 66.5 Å². The minimum absolute atomic E-state index is 0. The highest BCUT2D eigenvalue weighted by Crippen LogP contribution is 2.25. The van der Waals surface area contributed by atoms with E-state index in [0.29, 0.717) is 10.8 Å². The van der Waals surface area contributed by atoms with Gasteiger partial charge >= 0.3 is 0 Å². The van der Waals surface area contributed by atoms with Crippen LogP contribution in [0, 0.1) is 11.8 Å². The molecular weight excluding hydrogens is 336 g/mol. The average Bonchev–Trinajstić information content (AvgIpc) is 2.42. The minimum atomic E-state index is -3.19. The van der Waals surface area contributed by atoms with Crippen molar-refractivity contribution in [2.45, 2.75) is 24.8 Å². The Morgan fingerprint density at radius 3 is 2.13 bits per heavy atom. The second-order valence-corrected chi connectivity index (χ2v) is 8.19. The van der Waals surface area contributed by atoms with E-state index >= 15 is 0 Å². The summed E-state index contributed by atoms with van der Waals surface area (Å²) in [6.45, 7) is 5.74. The molecule has 1 heterocycles. The molecule has 1 aliphatic rings. The number of carbonyl (C=O) groups is 1. The molecule has 0 aliphatic carbocycles. The largest absolute Gasteiger partial charge is 0.339 e. The van der Waals surface area contributed by atoms with Crippen molar-refractivity contribution in [2.24, 2.45) is 11.8 Å². The van der Waals surface area contributed by atoms with Gasteiger partial charge < -0.3 is 10.2 Å². The van der Waals surface area contributed by atoms with E-state index in [4.69, 9.17) is 0 Å². The van der Waals surface area contributed by atoms with E-state index in [-0.39, 0.29) is 30.3 Å². The number of halogens is 1. The Morgan fingerprint density at radius 2 is 1.74 bits per heavy atom. The van der Waals surface area contributed by atoms with E-state index in [0.717, 1.165) is 18.7 Å². The average molecular weight is 361 g/mol. The van der Waals surface area contributed by atoms with Crippen molar-refractivity contribution in [1.82, 2.24) is 10.2 Å². The molecule has 0 radical (unpaired) electrons. The molecule has 2 unspecified atom stereocenters. The Balaban J connectivity index is 0.00000264. The highest BCUT2D eigenvalue weighted by molar-refractivity contribution is 7.90. The van der Waals surface area contributed by atoms with Gasteiger partial charge in [0.1, 0.15) is 0 Å². The van der Waals surface area contributed by atoms with Crippen molar-refractivity contribution < 1.29 is 13.2 Å². The normalized spacial score (nSPS) is 17.6. The van der Waals surface area contributed by atoms with Crippen LogP contribution in [0.4, 0.5) is 0 Å². The number of nitrogens with one attached hydrogen (secondary N) is 1. The van der Waals surface area contributed by atoms with Crippen molar-refractivity contribution in [3.8, 4) is 0 Å². The summed E-state index contributed by atoms with van der Waals surface area (Å²) in [6.07, 6.45) is 1.19. The van der Waals surface area contributed by atoms with E-state index in [9.17, 15) is 13.2 Å². The number of amides is 1. The maximum Gasteiger partial charge on any atom is 0.226 e. The summed E-state index contributed by atoms with van der Waals surface area (Å²) in [6, 6.07) is 6.66. The molecule has 1 saturated heterocycles. The van der Waals surface area contributed by atoms with Crippen molar-refractivity contribution in [1.29, 1.82) is 0 Å².